The zero-order valence-corrected chi connectivity index (χ0v) is 11.4. The van der Waals surface area contributed by atoms with E-state index in [0.717, 1.165) is 37.1 Å². The van der Waals surface area contributed by atoms with Gasteiger partial charge >= 0.3 is 6.18 Å². The number of halogens is 4. The highest BCUT2D eigenvalue weighted by Crippen LogP contribution is 2.32. The molecule has 20 heavy (non-hydrogen) atoms. The number of benzene rings is 1. The van der Waals surface area contributed by atoms with E-state index in [4.69, 9.17) is 11.6 Å². The summed E-state index contributed by atoms with van der Waals surface area (Å²) in [7, 11) is 0. The SMILES string of the molecule is FC(F)(F)c1ccc(/C=C/C2=CC=NCCC2)c(Cl)c1. The van der Waals surface area contributed by atoms with Crippen molar-refractivity contribution < 1.29 is 13.2 Å². The highest BCUT2D eigenvalue weighted by molar-refractivity contribution is 6.32. The Morgan fingerprint density at radius 3 is 2.70 bits per heavy atom. The van der Waals surface area contributed by atoms with Gasteiger partial charge in [0.25, 0.3) is 0 Å². The Hall–Kier alpha value is -1.55. The summed E-state index contributed by atoms with van der Waals surface area (Å²) in [5, 5.41) is 0.0963. The molecule has 1 aliphatic heterocycles. The minimum Gasteiger partial charge on any atom is -0.293 e. The molecule has 0 spiro atoms. The van der Waals surface area contributed by atoms with Crippen molar-refractivity contribution in [2.24, 2.45) is 4.99 Å². The minimum atomic E-state index is -4.37. The van der Waals surface area contributed by atoms with Crippen molar-refractivity contribution in [1.29, 1.82) is 0 Å². The van der Waals surface area contributed by atoms with Crippen LogP contribution in [0.25, 0.3) is 6.08 Å². The Balaban J connectivity index is 2.18. The van der Waals surface area contributed by atoms with E-state index in [1.54, 1.807) is 12.3 Å². The Kier molecular flexibility index (Phi) is 4.65. The Labute approximate surface area is 120 Å². The van der Waals surface area contributed by atoms with Gasteiger partial charge < -0.3 is 0 Å². The second kappa shape index (κ2) is 6.27. The number of allylic oxidation sites excluding steroid dienone is 3. The van der Waals surface area contributed by atoms with Gasteiger partial charge in [-0.2, -0.15) is 13.2 Å². The fraction of sp³-hybridized carbons (Fsp3) is 0.267. The number of nitrogens with zero attached hydrogens (tertiary/aromatic N) is 1. The van der Waals surface area contributed by atoms with Gasteiger partial charge in [-0.1, -0.05) is 29.8 Å². The van der Waals surface area contributed by atoms with Crippen molar-refractivity contribution in [2.75, 3.05) is 6.54 Å². The average molecular weight is 300 g/mol. The molecule has 1 heterocycles. The molecule has 0 aromatic heterocycles. The quantitative estimate of drug-likeness (QED) is 0.715. The molecule has 0 unspecified atom stereocenters. The van der Waals surface area contributed by atoms with Gasteiger partial charge in [0, 0.05) is 17.8 Å². The highest BCUT2D eigenvalue weighted by atomic mass is 35.5. The van der Waals surface area contributed by atoms with Gasteiger partial charge in [0.2, 0.25) is 0 Å². The van der Waals surface area contributed by atoms with Crippen molar-refractivity contribution in [3.8, 4) is 0 Å². The second-order valence-electron chi connectivity index (χ2n) is 4.47. The van der Waals surface area contributed by atoms with Crippen LogP contribution >= 0.6 is 11.6 Å². The lowest BCUT2D eigenvalue weighted by molar-refractivity contribution is -0.137. The lowest BCUT2D eigenvalue weighted by Crippen LogP contribution is -2.04. The van der Waals surface area contributed by atoms with E-state index in [1.807, 2.05) is 12.2 Å². The standard InChI is InChI=1S/C15H13ClF3N/c16-14-10-13(15(17,18)19)6-5-12(14)4-3-11-2-1-8-20-9-7-11/h3-7,9-10H,1-2,8H2/b4-3+. The summed E-state index contributed by atoms with van der Waals surface area (Å²) in [6.45, 7) is 0.800. The Morgan fingerprint density at radius 2 is 2.00 bits per heavy atom. The van der Waals surface area contributed by atoms with Crippen molar-refractivity contribution in [2.45, 2.75) is 19.0 Å². The number of alkyl halides is 3. The first kappa shape index (κ1) is 14.9. The van der Waals surface area contributed by atoms with Gasteiger partial charge in [0.1, 0.15) is 0 Å². The lowest BCUT2D eigenvalue weighted by atomic mass is 10.1. The molecule has 0 saturated carbocycles. The molecule has 2 rings (SSSR count). The summed E-state index contributed by atoms with van der Waals surface area (Å²) in [6.07, 6.45) is 4.75. The van der Waals surface area contributed by atoms with Crippen molar-refractivity contribution in [3.05, 3.63) is 52.1 Å². The smallest absolute Gasteiger partial charge is 0.293 e. The molecule has 0 atom stereocenters. The van der Waals surface area contributed by atoms with Crippen LogP contribution in [0.5, 0.6) is 0 Å². The van der Waals surface area contributed by atoms with E-state index in [0.29, 0.717) is 5.56 Å². The number of rotatable bonds is 2. The van der Waals surface area contributed by atoms with E-state index in [2.05, 4.69) is 4.99 Å². The predicted octanol–water partition coefficient (Wildman–Crippen LogP) is 5.16. The fourth-order valence-electron chi connectivity index (χ4n) is 1.86. The van der Waals surface area contributed by atoms with E-state index in [1.165, 1.54) is 6.07 Å². The molecule has 0 bridgehead atoms. The third kappa shape index (κ3) is 3.97. The second-order valence-corrected chi connectivity index (χ2v) is 4.87. The molecule has 5 heteroatoms. The number of hydrogen-bond donors (Lipinski definition) is 0. The van der Waals surface area contributed by atoms with Crippen LogP contribution in [0.1, 0.15) is 24.0 Å². The Morgan fingerprint density at radius 1 is 1.20 bits per heavy atom. The third-order valence-corrected chi connectivity index (χ3v) is 3.28. The van der Waals surface area contributed by atoms with E-state index in [9.17, 15) is 13.2 Å². The molecule has 1 aromatic rings. The fourth-order valence-corrected chi connectivity index (χ4v) is 2.10. The maximum atomic E-state index is 12.5. The summed E-state index contributed by atoms with van der Waals surface area (Å²) in [5.74, 6) is 0. The lowest BCUT2D eigenvalue weighted by Gasteiger charge is -2.08. The van der Waals surface area contributed by atoms with Crippen LogP contribution in [0.3, 0.4) is 0 Å². The largest absolute Gasteiger partial charge is 0.416 e. The molecule has 106 valence electrons. The molecule has 0 aliphatic carbocycles. The van der Waals surface area contributed by atoms with E-state index >= 15 is 0 Å². The van der Waals surface area contributed by atoms with Gasteiger partial charge in [-0.15, -0.1) is 0 Å². The highest BCUT2D eigenvalue weighted by Gasteiger charge is 2.30. The maximum absolute atomic E-state index is 12.5. The molecule has 0 N–H and O–H groups in total. The van der Waals surface area contributed by atoms with Crippen molar-refractivity contribution in [3.63, 3.8) is 0 Å². The van der Waals surface area contributed by atoms with Gasteiger partial charge in [-0.25, -0.2) is 0 Å². The van der Waals surface area contributed by atoms with Gasteiger partial charge in [0.05, 0.1) is 5.56 Å². The average Bonchev–Trinajstić information content (AvgIpc) is 2.64. The molecule has 0 fully saturated rings. The topological polar surface area (TPSA) is 12.4 Å². The van der Waals surface area contributed by atoms with Crippen LogP contribution in [0, 0.1) is 0 Å². The number of aliphatic imine (C=N–C) groups is 1. The minimum absolute atomic E-state index is 0.0963. The maximum Gasteiger partial charge on any atom is 0.416 e. The van der Waals surface area contributed by atoms with Crippen LogP contribution < -0.4 is 0 Å². The first-order chi connectivity index (χ1) is 9.47. The van der Waals surface area contributed by atoms with Crippen LogP contribution in [0.15, 0.2) is 40.9 Å². The summed E-state index contributed by atoms with van der Waals surface area (Å²) in [4.78, 5) is 4.15. The van der Waals surface area contributed by atoms with E-state index in [-0.39, 0.29) is 5.02 Å². The molecular formula is C15H13ClF3N. The molecule has 0 radical (unpaired) electrons. The first-order valence-electron chi connectivity index (χ1n) is 6.20. The molecule has 1 nitrogen and oxygen atoms in total. The molecular weight excluding hydrogens is 287 g/mol. The predicted molar refractivity (Wildman–Crippen MR) is 76.2 cm³/mol. The summed E-state index contributed by atoms with van der Waals surface area (Å²) in [6, 6.07) is 3.37. The molecule has 0 amide bonds. The van der Waals surface area contributed by atoms with Crippen LogP contribution in [-0.4, -0.2) is 12.8 Å². The molecule has 1 aliphatic rings. The van der Waals surface area contributed by atoms with Gasteiger partial charge in [-0.3, -0.25) is 4.99 Å². The molecule has 0 saturated heterocycles. The summed E-state index contributed by atoms with van der Waals surface area (Å²) >= 11 is 5.89. The number of hydrogen-bond acceptors (Lipinski definition) is 1. The van der Waals surface area contributed by atoms with Crippen LogP contribution in [-0.2, 0) is 6.18 Å². The summed E-state index contributed by atoms with van der Waals surface area (Å²) < 4.78 is 37.6. The van der Waals surface area contributed by atoms with Crippen molar-refractivity contribution in [1.82, 2.24) is 0 Å². The van der Waals surface area contributed by atoms with Crippen LogP contribution in [0.4, 0.5) is 13.2 Å². The van der Waals surface area contributed by atoms with E-state index < -0.39 is 11.7 Å². The summed E-state index contributed by atoms with van der Waals surface area (Å²) in [5.41, 5.74) is 0.921. The van der Waals surface area contributed by atoms with Crippen LogP contribution in [0.2, 0.25) is 5.02 Å². The third-order valence-electron chi connectivity index (χ3n) is 2.95. The van der Waals surface area contributed by atoms with Gasteiger partial charge in [-0.05, 0) is 42.2 Å². The van der Waals surface area contributed by atoms with Crippen molar-refractivity contribution >= 4 is 23.9 Å². The monoisotopic (exact) mass is 299 g/mol. The normalized spacial score (nSPS) is 16.3. The zero-order chi connectivity index (χ0) is 14.6. The van der Waals surface area contributed by atoms with Gasteiger partial charge in [0.15, 0.2) is 0 Å². The zero-order valence-electron chi connectivity index (χ0n) is 10.6. The molecule has 1 aromatic carbocycles. The Bertz CT molecular complexity index is 571. The first-order valence-corrected chi connectivity index (χ1v) is 6.58.